The highest BCUT2D eigenvalue weighted by atomic mass is 14.3. The van der Waals surface area contributed by atoms with Gasteiger partial charge in [-0.2, -0.15) is 0 Å². The third kappa shape index (κ3) is 3.06. The lowest BCUT2D eigenvalue weighted by Gasteiger charge is -2.18. The lowest BCUT2D eigenvalue weighted by atomic mass is 9.86. The van der Waals surface area contributed by atoms with E-state index in [0.717, 1.165) is 12.8 Å². The summed E-state index contributed by atoms with van der Waals surface area (Å²) in [6, 6.07) is 27.5. The summed E-state index contributed by atoms with van der Waals surface area (Å²) >= 11 is 0. The van der Waals surface area contributed by atoms with E-state index in [2.05, 4.69) is 86.6 Å². The van der Waals surface area contributed by atoms with Crippen molar-refractivity contribution < 1.29 is 0 Å². The number of hydrogen-bond donors (Lipinski definition) is 0. The fourth-order valence-corrected chi connectivity index (χ4v) is 5.18. The molecule has 0 nitrogen and oxygen atoms in total. The van der Waals surface area contributed by atoms with Crippen LogP contribution in [0.1, 0.15) is 50.7 Å². The minimum Gasteiger partial charge on any atom is -0.0654 e. The van der Waals surface area contributed by atoms with E-state index in [-0.39, 0.29) is 0 Å². The number of unbranched alkanes of at least 4 members (excludes halogenated alkanes) is 2. The number of aryl methyl sites for hydroxylation is 2. The summed E-state index contributed by atoms with van der Waals surface area (Å²) in [6.45, 7) is 4.58. The fourth-order valence-electron chi connectivity index (χ4n) is 5.18. The average molecular weight is 391 g/mol. The van der Waals surface area contributed by atoms with Crippen molar-refractivity contribution in [3.8, 4) is 33.4 Å². The van der Waals surface area contributed by atoms with Gasteiger partial charge in [0, 0.05) is 0 Å². The van der Waals surface area contributed by atoms with Crippen LogP contribution in [-0.4, -0.2) is 0 Å². The molecule has 4 aromatic carbocycles. The first kappa shape index (κ1) is 19.1. The molecule has 0 unspecified atom stereocenters. The predicted molar refractivity (Wildman–Crippen MR) is 131 cm³/mol. The van der Waals surface area contributed by atoms with Crippen LogP contribution in [0.4, 0.5) is 0 Å². The van der Waals surface area contributed by atoms with Crippen LogP contribution < -0.4 is 0 Å². The van der Waals surface area contributed by atoms with Crippen molar-refractivity contribution >= 4 is 10.8 Å². The highest BCUT2D eigenvalue weighted by molar-refractivity contribution is 6.18. The maximum atomic E-state index is 2.39. The Balaban J connectivity index is 1.77. The molecule has 0 N–H and O–H groups in total. The van der Waals surface area contributed by atoms with Gasteiger partial charge in [-0.15, -0.1) is 0 Å². The van der Waals surface area contributed by atoms with Crippen LogP contribution in [0, 0.1) is 0 Å². The quantitative estimate of drug-likeness (QED) is 0.260. The average Bonchev–Trinajstić information content (AvgIpc) is 3.12. The first-order valence-electron chi connectivity index (χ1n) is 11.6. The Morgan fingerprint density at radius 3 is 1.67 bits per heavy atom. The molecular weight excluding hydrogens is 360 g/mol. The van der Waals surface area contributed by atoms with Crippen molar-refractivity contribution in [2.45, 2.75) is 52.4 Å². The molecule has 30 heavy (non-hydrogen) atoms. The second-order valence-corrected chi connectivity index (χ2v) is 8.59. The third-order valence-corrected chi connectivity index (χ3v) is 6.65. The molecule has 0 spiro atoms. The molecule has 0 heterocycles. The van der Waals surface area contributed by atoms with E-state index in [1.165, 1.54) is 81.0 Å². The van der Waals surface area contributed by atoms with Gasteiger partial charge in [-0.05, 0) is 81.0 Å². The van der Waals surface area contributed by atoms with Crippen LogP contribution in [0.5, 0.6) is 0 Å². The van der Waals surface area contributed by atoms with Crippen molar-refractivity contribution in [2.24, 2.45) is 0 Å². The minimum absolute atomic E-state index is 1.16. The first-order valence-corrected chi connectivity index (χ1v) is 11.6. The standard InChI is InChI=1S/C30H30/c1-3-5-11-21-13-9-14-22(12-6-4-2)29(21)28-20-19-27-24-16-8-7-15-23(24)25-17-10-18-26(28)30(25)27/h7-10,13-20H,3-6,11-12H2,1-2H3. The van der Waals surface area contributed by atoms with Gasteiger partial charge in [0.2, 0.25) is 0 Å². The number of benzene rings is 4. The molecule has 0 bridgehead atoms. The summed E-state index contributed by atoms with van der Waals surface area (Å²) in [5.41, 5.74) is 11.5. The van der Waals surface area contributed by atoms with Gasteiger partial charge >= 0.3 is 0 Å². The number of rotatable bonds is 7. The Hall–Kier alpha value is -2.86. The first-order chi connectivity index (χ1) is 14.8. The molecule has 0 atom stereocenters. The van der Waals surface area contributed by atoms with Gasteiger partial charge in [-0.3, -0.25) is 0 Å². The Morgan fingerprint density at radius 2 is 1.03 bits per heavy atom. The van der Waals surface area contributed by atoms with Crippen molar-refractivity contribution in [1.82, 2.24) is 0 Å². The zero-order valence-corrected chi connectivity index (χ0v) is 18.2. The zero-order chi connectivity index (χ0) is 20.5. The van der Waals surface area contributed by atoms with Crippen molar-refractivity contribution in [3.05, 3.63) is 83.9 Å². The predicted octanol–water partition coefficient (Wildman–Crippen LogP) is 8.84. The van der Waals surface area contributed by atoms with E-state index >= 15 is 0 Å². The number of fused-ring (bicyclic) bond motifs is 3. The molecule has 1 aliphatic rings. The van der Waals surface area contributed by atoms with Gasteiger partial charge in [0.25, 0.3) is 0 Å². The highest BCUT2D eigenvalue weighted by Crippen LogP contribution is 2.49. The van der Waals surface area contributed by atoms with Gasteiger partial charge in [0.15, 0.2) is 0 Å². The van der Waals surface area contributed by atoms with E-state index in [1.54, 1.807) is 0 Å². The molecule has 0 aromatic heterocycles. The topological polar surface area (TPSA) is 0 Å². The van der Waals surface area contributed by atoms with Crippen LogP contribution >= 0.6 is 0 Å². The summed E-state index contributed by atoms with van der Waals surface area (Å²) in [4.78, 5) is 0. The summed E-state index contributed by atoms with van der Waals surface area (Å²) in [6.07, 6.45) is 7.29. The molecule has 0 fully saturated rings. The molecule has 0 heteroatoms. The molecule has 0 saturated carbocycles. The molecule has 0 radical (unpaired) electrons. The normalized spacial score (nSPS) is 11.8. The van der Waals surface area contributed by atoms with Gasteiger partial charge < -0.3 is 0 Å². The Kier molecular flexibility index (Phi) is 5.17. The summed E-state index contributed by atoms with van der Waals surface area (Å²) in [5, 5.41) is 2.84. The number of hydrogen-bond acceptors (Lipinski definition) is 0. The maximum Gasteiger partial charge on any atom is -0.00201 e. The second-order valence-electron chi connectivity index (χ2n) is 8.59. The lowest BCUT2D eigenvalue weighted by Crippen LogP contribution is -1.98. The van der Waals surface area contributed by atoms with Crippen LogP contribution in [-0.2, 0) is 12.8 Å². The highest BCUT2D eigenvalue weighted by Gasteiger charge is 2.23. The van der Waals surface area contributed by atoms with Crippen LogP contribution in [0.2, 0.25) is 0 Å². The molecular formula is C30H30. The lowest BCUT2D eigenvalue weighted by molar-refractivity contribution is 0.782. The van der Waals surface area contributed by atoms with E-state index in [0.29, 0.717) is 0 Å². The SMILES string of the molecule is CCCCc1cccc(CCCC)c1-c1ccc2c3c(cccc13)-c1ccccc1-2. The van der Waals surface area contributed by atoms with E-state index in [4.69, 9.17) is 0 Å². The molecule has 4 aromatic rings. The minimum atomic E-state index is 1.16. The molecule has 0 amide bonds. The van der Waals surface area contributed by atoms with Gasteiger partial charge in [0.05, 0.1) is 0 Å². The van der Waals surface area contributed by atoms with E-state index in [1.807, 2.05) is 0 Å². The summed E-state index contributed by atoms with van der Waals surface area (Å²) < 4.78 is 0. The smallest absolute Gasteiger partial charge is 0.00201 e. The second kappa shape index (κ2) is 8.11. The Morgan fingerprint density at radius 1 is 0.500 bits per heavy atom. The maximum absolute atomic E-state index is 2.39. The van der Waals surface area contributed by atoms with E-state index < -0.39 is 0 Å². The summed E-state index contributed by atoms with van der Waals surface area (Å²) in [7, 11) is 0. The zero-order valence-electron chi connectivity index (χ0n) is 18.2. The third-order valence-electron chi connectivity index (χ3n) is 6.65. The summed E-state index contributed by atoms with van der Waals surface area (Å²) in [5.74, 6) is 0. The van der Waals surface area contributed by atoms with Gasteiger partial charge in [-0.1, -0.05) is 99.5 Å². The molecule has 150 valence electrons. The van der Waals surface area contributed by atoms with Crippen molar-refractivity contribution in [2.75, 3.05) is 0 Å². The molecule has 1 aliphatic carbocycles. The van der Waals surface area contributed by atoms with Gasteiger partial charge in [0.1, 0.15) is 0 Å². The Labute approximate surface area is 180 Å². The van der Waals surface area contributed by atoms with Crippen LogP contribution in [0.25, 0.3) is 44.2 Å². The fraction of sp³-hybridized carbons (Fsp3) is 0.267. The largest absolute Gasteiger partial charge is 0.0654 e. The molecule has 0 aliphatic heterocycles. The van der Waals surface area contributed by atoms with Crippen molar-refractivity contribution in [3.63, 3.8) is 0 Å². The van der Waals surface area contributed by atoms with E-state index in [9.17, 15) is 0 Å². The Bertz CT molecular complexity index is 1160. The van der Waals surface area contributed by atoms with Crippen LogP contribution in [0.15, 0.2) is 72.8 Å². The molecule has 0 saturated heterocycles. The van der Waals surface area contributed by atoms with Crippen LogP contribution in [0.3, 0.4) is 0 Å². The van der Waals surface area contributed by atoms with Crippen molar-refractivity contribution in [1.29, 1.82) is 0 Å². The molecule has 5 rings (SSSR count). The monoisotopic (exact) mass is 390 g/mol. The van der Waals surface area contributed by atoms with Gasteiger partial charge in [-0.25, -0.2) is 0 Å².